The van der Waals surface area contributed by atoms with E-state index in [1.165, 1.54) is 6.92 Å². The van der Waals surface area contributed by atoms with Gasteiger partial charge in [-0.05, 0) is 24.6 Å². The van der Waals surface area contributed by atoms with Crippen molar-refractivity contribution in [1.82, 2.24) is 14.8 Å². The van der Waals surface area contributed by atoms with E-state index in [0.717, 1.165) is 28.7 Å². The molecule has 0 aliphatic rings. The molecule has 1 amide bonds. The highest BCUT2D eigenvalue weighted by atomic mass is 32.2. The number of nitrogens with zero attached hydrogens (tertiary/aromatic N) is 3. The molecule has 1 aromatic heterocycles. The SMILES string of the molecule is CCCSc1nncn1-c1cccc(NC(C)=O)c1. The lowest BCUT2D eigenvalue weighted by Crippen LogP contribution is -2.06. The first kappa shape index (κ1) is 13.6. The lowest BCUT2D eigenvalue weighted by molar-refractivity contribution is -0.114. The molecule has 19 heavy (non-hydrogen) atoms. The molecule has 0 unspecified atom stereocenters. The molecule has 0 spiro atoms. The molecule has 100 valence electrons. The number of nitrogens with one attached hydrogen (secondary N) is 1. The fraction of sp³-hybridized carbons (Fsp3) is 0.308. The molecule has 0 saturated heterocycles. The van der Waals surface area contributed by atoms with Crippen LogP contribution in [0.4, 0.5) is 5.69 Å². The predicted octanol–water partition coefficient (Wildman–Crippen LogP) is 2.73. The molecule has 1 heterocycles. The highest BCUT2D eigenvalue weighted by Gasteiger charge is 2.07. The average Bonchev–Trinajstić information content (AvgIpc) is 2.84. The standard InChI is InChI=1S/C13H16N4OS/c1-3-7-19-13-16-14-9-17(13)12-6-4-5-11(8-12)15-10(2)18/h4-6,8-9H,3,7H2,1-2H3,(H,15,18). The molecule has 0 radical (unpaired) electrons. The third-order valence-corrected chi connectivity index (χ3v) is 3.55. The predicted molar refractivity (Wildman–Crippen MR) is 76.7 cm³/mol. The second kappa shape index (κ2) is 6.38. The van der Waals surface area contributed by atoms with E-state index >= 15 is 0 Å². The normalized spacial score (nSPS) is 10.4. The van der Waals surface area contributed by atoms with Crippen LogP contribution in [0.3, 0.4) is 0 Å². The number of amides is 1. The number of benzene rings is 1. The van der Waals surface area contributed by atoms with Crippen molar-refractivity contribution in [3.63, 3.8) is 0 Å². The Kier molecular flexibility index (Phi) is 4.57. The number of hydrogen-bond donors (Lipinski definition) is 1. The van der Waals surface area contributed by atoms with Gasteiger partial charge in [-0.1, -0.05) is 24.8 Å². The molecular weight excluding hydrogens is 260 g/mol. The van der Waals surface area contributed by atoms with Crippen LogP contribution in [0.5, 0.6) is 0 Å². The number of rotatable bonds is 5. The number of hydrogen-bond acceptors (Lipinski definition) is 4. The summed E-state index contributed by atoms with van der Waals surface area (Å²) >= 11 is 1.67. The molecule has 0 fully saturated rings. The summed E-state index contributed by atoms with van der Waals surface area (Å²) in [5.74, 6) is 0.922. The highest BCUT2D eigenvalue weighted by molar-refractivity contribution is 7.99. The lowest BCUT2D eigenvalue weighted by atomic mass is 10.2. The summed E-state index contributed by atoms with van der Waals surface area (Å²) in [6, 6.07) is 7.62. The van der Waals surface area contributed by atoms with E-state index in [2.05, 4.69) is 22.4 Å². The van der Waals surface area contributed by atoms with Crippen LogP contribution in [0.1, 0.15) is 20.3 Å². The Bertz CT molecular complexity index is 567. The van der Waals surface area contributed by atoms with Crippen molar-refractivity contribution in [3.05, 3.63) is 30.6 Å². The van der Waals surface area contributed by atoms with Crippen molar-refractivity contribution in [2.45, 2.75) is 25.4 Å². The van der Waals surface area contributed by atoms with Crippen molar-refractivity contribution in [2.24, 2.45) is 0 Å². The molecule has 1 aromatic carbocycles. The van der Waals surface area contributed by atoms with Crippen molar-refractivity contribution >= 4 is 23.4 Å². The number of carbonyl (C=O) groups is 1. The Balaban J connectivity index is 2.26. The van der Waals surface area contributed by atoms with Crippen molar-refractivity contribution < 1.29 is 4.79 Å². The fourth-order valence-corrected chi connectivity index (χ4v) is 2.41. The number of carbonyl (C=O) groups excluding carboxylic acids is 1. The molecule has 0 saturated carbocycles. The quantitative estimate of drug-likeness (QED) is 0.853. The zero-order valence-corrected chi connectivity index (χ0v) is 11.8. The first-order valence-corrected chi connectivity index (χ1v) is 7.10. The van der Waals surface area contributed by atoms with E-state index in [0.29, 0.717) is 0 Å². The zero-order chi connectivity index (χ0) is 13.7. The highest BCUT2D eigenvalue weighted by Crippen LogP contribution is 2.21. The Morgan fingerprint density at radius 3 is 3.05 bits per heavy atom. The third kappa shape index (κ3) is 3.57. The van der Waals surface area contributed by atoms with Crippen LogP contribution < -0.4 is 5.32 Å². The van der Waals surface area contributed by atoms with Crippen LogP contribution in [-0.2, 0) is 4.79 Å². The van der Waals surface area contributed by atoms with Gasteiger partial charge in [-0.3, -0.25) is 9.36 Å². The largest absolute Gasteiger partial charge is 0.326 e. The maximum atomic E-state index is 11.1. The molecule has 0 atom stereocenters. The first-order chi connectivity index (χ1) is 9.20. The molecular formula is C13H16N4OS. The summed E-state index contributed by atoms with van der Waals surface area (Å²) in [7, 11) is 0. The third-order valence-electron chi connectivity index (χ3n) is 2.40. The Morgan fingerprint density at radius 2 is 2.32 bits per heavy atom. The van der Waals surface area contributed by atoms with Crippen molar-refractivity contribution in [1.29, 1.82) is 0 Å². The summed E-state index contributed by atoms with van der Waals surface area (Å²) in [5.41, 5.74) is 1.71. The van der Waals surface area contributed by atoms with Gasteiger partial charge >= 0.3 is 0 Å². The van der Waals surface area contributed by atoms with Gasteiger partial charge in [-0.25, -0.2) is 0 Å². The van der Waals surface area contributed by atoms with E-state index < -0.39 is 0 Å². The summed E-state index contributed by atoms with van der Waals surface area (Å²) in [6.07, 6.45) is 2.77. The van der Waals surface area contributed by atoms with Gasteiger partial charge in [0, 0.05) is 18.4 Å². The Morgan fingerprint density at radius 1 is 1.47 bits per heavy atom. The molecule has 1 N–H and O–H groups in total. The van der Waals surface area contributed by atoms with E-state index in [1.54, 1.807) is 18.1 Å². The zero-order valence-electron chi connectivity index (χ0n) is 11.0. The molecule has 2 aromatic rings. The lowest BCUT2D eigenvalue weighted by Gasteiger charge is -2.08. The minimum absolute atomic E-state index is 0.0820. The summed E-state index contributed by atoms with van der Waals surface area (Å²) in [5, 5.41) is 11.7. The molecule has 0 aliphatic heterocycles. The second-order valence-corrected chi connectivity index (χ2v) is 5.13. The number of anilines is 1. The first-order valence-electron chi connectivity index (χ1n) is 6.11. The Hall–Kier alpha value is -1.82. The van der Waals surface area contributed by atoms with Gasteiger partial charge in [0.15, 0.2) is 5.16 Å². The van der Waals surface area contributed by atoms with Crippen LogP contribution in [0, 0.1) is 0 Å². The number of aromatic nitrogens is 3. The van der Waals surface area contributed by atoms with Gasteiger partial charge in [0.25, 0.3) is 0 Å². The topological polar surface area (TPSA) is 59.8 Å². The van der Waals surface area contributed by atoms with E-state index in [1.807, 2.05) is 28.8 Å². The molecule has 0 bridgehead atoms. The molecule has 2 rings (SSSR count). The molecule has 6 heteroatoms. The van der Waals surface area contributed by atoms with Crippen LogP contribution in [-0.4, -0.2) is 26.4 Å². The average molecular weight is 276 g/mol. The van der Waals surface area contributed by atoms with Gasteiger partial charge in [0.2, 0.25) is 5.91 Å². The summed E-state index contributed by atoms with van der Waals surface area (Å²) in [4.78, 5) is 11.1. The van der Waals surface area contributed by atoms with Crippen LogP contribution in [0.2, 0.25) is 0 Å². The minimum Gasteiger partial charge on any atom is -0.326 e. The second-order valence-electron chi connectivity index (χ2n) is 4.06. The monoisotopic (exact) mass is 276 g/mol. The van der Waals surface area contributed by atoms with Crippen molar-refractivity contribution in [3.8, 4) is 5.69 Å². The van der Waals surface area contributed by atoms with Crippen LogP contribution >= 0.6 is 11.8 Å². The summed E-state index contributed by atoms with van der Waals surface area (Å²) < 4.78 is 1.92. The van der Waals surface area contributed by atoms with E-state index in [4.69, 9.17) is 0 Å². The maximum Gasteiger partial charge on any atom is 0.221 e. The van der Waals surface area contributed by atoms with Crippen LogP contribution in [0.15, 0.2) is 35.7 Å². The van der Waals surface area contributed by atoms with Gasteiger partial charge in [-0.15, -0.1) is 10.2 Å². The maximum absolute atomic E-state index is 11.1. The summed E-state index contributed by atoms with van der Waals surface area (Å²) in [6.45, 7) is 3.62. The Labute approximate surface area is 116 Å². The minimum atomic E-state index is -0.0820. The van der Waals surface area contributed by atoms with E-state index in [-0.39, 0.29) is 5.91 Å². The van der Waals surface area contributed by atoms with Gasteiger partial charge in [0.05, 0.1) is 5.69 Å². The fourth-order valence-electron chi connectivity index (χ4n) is 1.63. The van der Waals surface area contributed by atoms with Crippen molar-refractivity contribution in [2.75, 3.05) is 11.1 Å². The van der Waals surface area contributed by atoms with Gasteiger partial charge < -0.3 is 5.32 Å². The molecule has 0 aliphatic carbocycles. The van der Waals surface area contributed by atoms with Gasteiger partial charge in [-0.2, -0.15) is 0 Å². The number of thioether (sulfide) groups is 1. The molecule has 5 nitrogen and oxygen atoms in total. The smallest absolute Gasteiger partial charge is 0.221 e. The van der Waals surface area contributed by atoms with Gasteiger partial charge in [0.1, 0.15) is 6.33 Å². The van der Waals surface area contributed by atoms with Crippen LogP contribution in [0.25, 0.3) is 5.69 Å². The van der Waals surface area contributed by atoms with E-state index in [9.17, 15) is 4.79 Å².